The highest BCUT2D eigenvalue weighted by Gasteiger charge is 2.46. The molecule has 1 aromatic rings. The van der Waals surface area contributed by atoms with Crippen LogP contribution in [0.1, 0.15) is 26.2 Å². The Morgan fingerprint density at radius 2 is 2.19 bits per heavy atom. The molecule has 5 nitrogen and oxygen atoms in total. The molecule has 2 N–H and O–H groups in total. The lowest BCUT2D eigenvalue weighted by Gasteiger charge is -2.27. The Labute approximate surface area is 136 Å². The van der Waals surface area contributed by atoms with Gasteiger partial charge in [-0.3, -0.25) is 4.79 Å². The zero-order valence-corrected chi connectivity index (χ0v) is 14.4. The molecule has 2 rings (SSSR count). The van der Waals surface area contributed by atoms with Gasteiger partial charge in [0.05, 0.1) is 15.3 Å². The van der Waals surface area contributed by atoms with Crippen molar-refractivity contribution in [1.29, 1.82) is 0 Å². The summed E-state index contributed by atoms with van der Waals surface area (Å²) in [5.41, 5.74) is -1.07. The van der Waals surface area contributed by atoms with E-state index in [9.17, 15) is 18.3 Å². The predicted octanol–water partition coefficient (Wildman–Crippen LogP) is 3.02. The fourth-order valence-electron chi connectivity index (χ4n) is 2.51. The standard InChI is InChI=1S/C13H15BrClNO4S/c1-13(12(17)18)6-2-3-11(13)16-21(19,20)8-4-5-10(15)9(14)7-8/h4-5,7,11,16H,2-3,6H2,1H3,(H,17,18). The Hall–Kier alpha value is -0.630. The van der Waals surface area contributed by atoms with Crippen LogP contribution >= 0.6 is 27.5 Å². The number of rotatable bonds is 4. The van der Waals surface area contributed by atoms with Gasteiger partial charge in [0.1, 0.15) is 0 Å². The van der Waals surface area contributed by atoms with Gasteiger partial charge in [-0.15, -0.1) is 0 Å². The van der Waals surface area contributed by atoms with Crippen molar-refractivity contribution in [2.24, 2.45) is 5.41 Å². The van der Waals surface area contributed by atoms with Crippen LogP contribution in [-0.4, -0.2) is 25.5 Å². The number of nitrogens with one attached hydrogen (secondary N) is 1. The fourth-order valence-corrected chi connectivity index (χ4v) is 4.57. The summed E-state index contributed by atoms with van der Waals surface area (Å²) in [4.78, 5) is 11.4. The number of hydrogen-bond donors (Lipinski definition) is 2. The van der Waals surface area contributed by atoms with Gasteiger partial charge in [0.2, 0.25) is 10.0 Å². The first-order valence-electron chi connectivity index (χ1n) is 6.37. The number of carbonyl (C=O) groups is 1. The maximum atomic E-state index is 12.4. The summed E-state index contributed by atoms with van der Waals surface area (Å²) in [6, 6.07) is 3.65. The van der Waals surface area contributed by atoms with Crippen molar-refractivity contribution >= 4 is 43.5 Å². The van der Waals surface area contributed by atoms with Crippen molar-refractivity contribution in [3.63, 3.8) is 0 Å². The molecule has 2 atom stereocenters. The molecule has 0 aromatic heterocycles. The van der Waals surface area contributed by atoms with E-state index in [4.69, 9.17) is 11.6 Å². The van der Waals surface area contributed by atoms with E-state index < -0.39 is 27.4 Å². The molecule has 116 valence electrons. The molecule has 0 saturated heterocycles. The molecule has 0 radical (unpaired) electrons. The first-order chi connectivity index (χ1) is 9.67. The van der Waals surface area contributed by atoms with Crippen molar-refractivity contribution in [2.45, 2.75) is 37.1 Å². The monoisotopic (exact) mass is 395 g/mol. The second-order valence-corrected chi connectivity index (χ2v) is 8.34. The average Bonchev–Trinajstić information content (AvgIpc) is 2.75. The number of carboxylic acid groups (broad SMARTS) is 1. The number of halogens is 2. The molecule has 8 heteroatoms. The van der Waals surface area contributed by atoms with Crippen molar-refractivity contribution < 1.29 is 18.3 Å². The molecular weight excluding hydrogens is 382 g/mol. The predicted molar refractivity (Wildman–Crippen MR) is 82.9 cm³/mol. The molecule has 1 aliphatic rings. The van der Waals surface area contributed by atoms with Gasteiger partial charge in [-0.05, 0) is 53.9 Å². The first-order valence-corrected chi connectivity index (χ1v) is 9.03. The minimum atomic E-state index is -3.79. The van der Waals surface area contributed by atoms with Crippen molar-refractivity contribution in [1.82, 2.24) is 4.72 Å². The summed E-state index contributed by atoms with van der Waals surface area (Å²) in [6.45, 7) is 1.58. The Bertz CT molecular complexity index is 679. The number of aliphatic carboxylic acids is 1. The topological polar surface area (TPSA) is 83.5 Å². The van der Waals surface area contributed by atoms with E-state index in [0.717, 1.165) is 0 Å². The Morgan fingerprint density at radius 3 is 2.76 bits per heavy atom. The first kappa shape index (κ1) is 16.7. The maximum Gasteiger partial charge on any atom is 0.310 e. The molecule has 0 spiro atoms. The van der Waals surface area contributed by atoms with Crippen LogP contribution in [0.4, 0.5) is 0 Å². The zero-order chi connectivity index (χ0) is 15.8. The fraction of sp³-hybridized carbons (Fsp3) is 0.462. The van der Waals surface area contributed by atoms with E-state index in [1.165, 1.54) is 18.2 Å². The Morgan fingerprint density at radius 1 is 1.52 bits per heavy atom. The summed E-state index contributed by atoms with van der Waals surface area (Å²) >= 11 is 9.03. The molecule has 21 heavy (non-hydrogen) atoms. The maximum absolute atomic E-state index is 12.4. The molecule has 1 aliphatic carbocycles. The quantitative estimate of drug-likeness (QED) is 0.819. The highest BCUT2D eigenvalue weighted by Crippen LogP contribution is 2.39. The van der Waals surface area contributed by atoms with Gasteiger partial charge in [0, 0.05) is 10.5 Å². The minimum Gasteiger partial charge on any atom is -0.481 e. The van der Waals surface area contributed by atoms with Gasteiger partial charge in [0.25, 0.3) is 0 Å². The SMILES string of the molecule is CC1(C(=O)O)CCCC1NS(=O)(=O)c1ccc(Cl)c(Br)c1. The van der Waals surface area contributed by atoms with Crippen LogP contribution in [0.5, 0.6) is 0 Å². The molecular formula is C13H15BrClNO4S. The average molecular weight is 397 g/mol. The van der Waals surface area contributed by atoms with Crippen molar-refractivity contribution in [3.8, 4) is 0 Å². The zero-order valence-electron chi connectivity index (χ0n) is 11.3. The third-order valence-corrected chi connectivity index (χ3v) is 6.63. The summed E-state index contributed by atoms with van der Waals surface area (Å²) in [7, 11) is -3.79. The minimum absolute atomic E-state index is 0.0541. The van der Waals surface area contributed by atoms with E-state index >= 15 is 0 Å². The van der Waals surface area contributed by atoms with Crippen LogP contribution in [0, 0.1) is 5.41 Å². The third-order valence-electron chi connectivity index (χ3n) is 3.95. The molecule has 0 aliphatic heterocycles. The highest BCUT2D eigenvalue weighted by molar-refractivity contribution is 9.10. The molecule has 0 bridgehead atoms. The van der Waals surface area contributed by atoms with E-state index in [0.29, 0.717) is 28.8 Å². The summed E-state index contributed by atoms with van der Waals surface area (Å²) in [5.74, 6) is -0.981. The van der Waals surface area contributed by atoms with Gasteiger partial charge in [0.15, 0.2) is 0 Å². The summed E-state index contributed by atoms with van der Waals surface area (Å²) in [6.07, 6.45) is 1.65. The Balaban J connectivity index is 2.29. The molecule has 0 heterocycles. The van der Waals surface area contributed by atoms with E-state index in [-0.39, 0.29) is 4.90 Å². The summed E-state index contributed by atoms with van der Waals surface area (Å²) < 4.78 is 27.8. The number of sulfonamides is 1. The van der Waals surface area contributed by atoms with Crippen LogP contribution in [0.25, 0.3) is 0 Å². The molecule has 2 unspecified atom stereocenters. The van der Waals surface area contributed by atoms with Gasteiger partial charge in [-0.2, -0.15) is 0 Å². The van der Waals surface area contributed by atoms with Crippen LogP contribution in [0.3, 0.4) is 0 Å². The van der Waals surface area contributed by atoms with Gasteiger partial charge in [-0.1, -0.05) is 18.0 Å². The molecule has 1 aromatic carbocycles. The number of hydrogen-bond acceptors (Lipinski definition) is 3. The summed E-state index contributed by atoms with van der Waals surface area (Å²) in [5, 5.41) is 9.74. The van der Waals surface area contributed by atoms with Crippen LogP contribution in [-0.2, 0) is 14.8 Å². The van der Waals surface area contributed by atoms with E-state index in [1.807, 2.05) is 0 Å². The van der Waals surface area contributed by atoms with Gasteiger partial charge in [-0.25, -0.2) is 13.1 Å². The number of carboxylic acids is 1. The largest absolute Gasteiger partial charge is 0.481 e. The second-order valence-electron chi connectivity index (χ2n) is 5.36. The molecule has 0 amide bonds. The molecule has 1 fully saturated rings. The van der Waals surface area contributed by atoms with Crippen LogP contribution in [0.15, 0.2) is 27.6 Å². The van der Waals surface area contributed by atoms with Crippen molar-refractivity contribution in [2.75, 3.05) is 0 Å². The lowest BCUT2D eigenvalue weighted by molar-refractivity contribution is -0.148. The lowest BCUT2D eigenvalue weighted by Crippen LogP contribution is -2.46. The highest BCUT2D eigenvalue weighted by atomic mass is 79.9. The lowest BCUT2D eigenvalue weighted by atomic mass is 9.85. The Kier molecular flexibility index (Phi) is 4.68. The smallest absolute Gasteiger partial charge is 0.310 e. The van der Waals surface area contributed by atoms with Crippen LogP contribution < -0.4 is 4.72 Å². The normalized spacial score (nSPS) is 26.0. The van der Waals surface area contributed by atoms with Gasteiger partial charge < -0.3 is 5.11 Å². The van der Waals surface area contributed by atoms with Crippen LogP contribution in [0.2, 0.25) is 5.02 Å². The van der Waals surface area contributed by atoms with E-state index in [2.05, 4.69) is 20.7 Å². The van der Waals surface area contributed by atoms with Gasteiger partial charge >= 0.3 is 5.97 Å². The number of benzene rings is 1. The second kappa shape index (κ2) is 5.87. The third kappa shape index (κ3) is 3.26. The van der Waals surface area contributed by atoms with E-state index in [1.54, 1.807) is 6.92 Å². The van der Waals surface area contributed by atoms with Crippen molar-refractivity contribution in [3.05, 3.63) is 27.7 Å². The molecule has 1 saturated carbocycles.